The molecule has 10 nitrogen and oxygen atoms in total. The van der Waals surface area contributed by atoms with E-state index in [1.54, 1.807) is 26.4 Å². The number of aldehydes is 1. The Morgan fingerprint density at radius 3 is 1.59 bits per heavy atom. The molecule has 0 bridgehead atoms. The van der Waals surface area contributed by atoms with Gasteiger partial charge < -0.3 is 47.8 Å². The van der Waals surface area contributed by atoms with Crippen LogP contribution in [0.4, 0.5) is 0 Å². The van der Waals surface area contributed by atoms with Gasteiger partial charge in [0.05, 0.1) is 46.2 Å². The lowest BCUT2D eigenvalue weighted by molar-refractivity contribution is -0.164. The highest BCUT2D eigenvalue weighted by atomic mass is 16.8. The molecular weight excluding hydrogens is 592 g/mol. The zero-order valence-corrected chi connectivity index (χ0v) is 27.9. The number of rotatable bonds is 16. The Morgan fingerprint density at radius 2 is 1.17 bits per heavy atom. The fourth-order valence-electron chi connectivity index (χ4n) is 5.32. The molecule has 4 rings (SSSR count). The van der Waals surface area contributed by atoms with Gasteiger partial charge in [-0.05, 0) is 75.9 Å². The van der Waals surface area contributed by atoms with Crippen molar-refractivity contribution in [2.24, 2.45) is 0 Å². The van der Waals surface area contributed by atoms with Crippen LogP contribution in [0.15, 0.2) is 73.8 Å². The van der Waals surface area contributed by atoms with Crippen molar-refractivity contribution in [1.82, 2.24) is 0 Å². The maximum absolute atomic E-state index is 11.5. The number of carbonyl (C=O) groups is 1. The number of hydrogen-bond acceptors (Lipinski definition) is 10. The van der Waals surface area contributed by atoms with Gasteiger partial charge in [0.15, 0.2) is 17.9 Å². The molecule has 0 saturated carbocycles. The van der Waals surface area contributed by atoms with E-state index in [0.29, 0.717) is 26.1 Å². The summed E-state index contributed by atoms with van der Waals surface area (Å²) >= 11 is 0. The Labute approximate surface area is 273 Å². The van der Waals surface area contributed by atoms with Gasteiger partial charge >= 0.3 is 0 Å². The van der Waals surface area contributed by atoms with Crippen LogP contribution in [0.2, 0.25) is 0 Å². The van der Waals surface area contributed by atoms with Crippen molar-refractivity contribution in [3.8, 4) is 11.5 Å². The van der Waals surface area contributed by atoms with Crippen molar-refractivity contribution in [3.05, 3.63) is 85.0 Å². The third-order valence-electron chi connectivity index (χ3n) is 7.47. The van der Waals surface area contributed by atoms with Gasteiger partial charge in [0.25, 0.3) is 0 Å². The summed E-state index contributed by atoms with van der Waals surface area (Å²) in [6, 6.07) is 15.1. The van der Waals surface area contributed by atoms with E-state index in [-0.39, 0.29) is 24.9 Å². The van der Waals surface area contributed by atoms with Gasteiger partial charge in [-0.1, -0.05) is 36.4 Å². The van der Waals surface area contributed by atoms with Crippen LogP contribution in [0.5, 0.6) is 11.5 Å². The van der Waals surface area contributed by atoms with Crippen LogP contribution in [0.3, 0.4) is 0 Å². The molecule has 6 atom stereocenters. The summed E-state index contributed by atoms with van der Waals surface area (Å²) in [5.41, 5.74) is 1.96. The molecule has 0 spiro atoms. The third kappa shape index (κ3) is 11.0. The number of aliphatic hydroxyl groups is 1. The second-order valence-electron chi connectivity index (χ2n) is 12.0. The first kappa shape index (κ1) is 37.4. The van der Waals surface area contributed by atoms with E-state index in [1.807, 2.05) is 76.2 Å². The lowest BCUT2D eigenvalue weighted by atomic mass is 10.1. The van der Waals surface area contributed by atoms with E-state index in [0.717, 1.165) is 28.9 Å². The van der Waals surface area contributed by atoms with Crippen LogP contribution in [0.25, 0.3) is 0 Å². The average molecular weight is 643 g/mol. The molecule has 1 N–H and O–H groups in total. The van der Waals surface area contributed by atoms with E-state index >= 15 is 0 Å². The summed E-state index contributed by atoms with van der Waals surface area (Å²) in [5, 5.41) is 9.70. The molecule has 10 heteroatoms. The number of benzene rings is 2. The molecule has 46 heavy (non-hydrogen) atoms. The van der Waals surface area contributed by atoms with E-state index in [4.69, 9.17) is 37.9 Å². The SMILES string of the molecule is C=CC[C@@H]1OC(C)(C)OC1[C@@H](C=O)OCc1ccc(OC)cc1.C=CC[C@@H]1OC(C)(C)OC1[C@@H](CO)OCc1ccc(OC)cc1. The van der Waals surface area contributed by atoms with Gasteiger partial charge in [-0.2, -0.15) is 0 Å². The van der Waals surface area contributed by atoms with E-state index in [2.05, 4.69) is 13.2 Å². The van der Waals surface area contributed by atoms with Crippen LogP contribution >= 0.6 is 0 Å². The highest BCUT2D eigenvalue weighted by Gasteiger charge is 2.46. The van der Waals surface area contributed by atoms with Crippen molar-refractivity contribution < 1.29 is 47.8 Å². The summed E-state index contributed by atoms with van der Waals surface area (Å²) in [6.45, 7) is 15.4. The molecule has 2 saturated heterocycles. The molecule has 2 aromatic rings. The smallest absolute Gasteiger partial charge is 0.163 e. The topological polar surface area (TPSA) is 111 Å². The number of carbonyl (C=O) groups excluding carboxylic acids is 1. The second-order valence-corrected chi connectivity index (χ2v) is 12.0. The Kier molecular flexibility index (Phi) is 14.4. The lowest BCUT2D eigenvalue weighted by Gasteiger charge is -2.25. The van der Waals surface area contributed by atoms with Crippen molar-refractivity contribution in [2.45, 2.75) is 102 Å². The van der Waals surface area contributed by atoms with Crippen molar-refractivity contribution >= 4 is 6.29 Å². The Balaban J connectivity index is 0.000000250. The number of hydrogen-bond donors (Lipinski definition) is 1. The maximum Gasteiger partial charge on any atom is 0.163 e. The van der Waals surface area contributed by atoms with Crippen LogP contribution in [0.1, 0.15) is 51.7 Å². The van der Waals surface area contributed by atoms with Crippen LogP contribution < -0.4 is 9.47 Å². The Morgan fingerprint density at radius 1 is 0.739 bits per heavy atom. The zero-order chi connectivity index (χ0) is 33.7. The maximum atomic E-state index is 11.5. The zero-order valence-electron chi connectivity index (χ0n) is 27.9. The summed E-state index contributed by atoms with van der Waals surface area (Å²) < 4.78 is 45.3. The fraction of sp³-hybridized carbons (Fsp3) is 0.528. The molecule has 0 radical (unpaired) electrons. The molecule has 2 aliphatic rings. The summed E-state index contributed by atoms with van der Waals surface area (Å²) in [7, 11) is 3.25. The minimum atomic E-state index is -0.733. The summed E-state index contributed by atoms with van der Waals surface area (Å²) in [4.78, 5) is 11.5. The molecule has 2 aromatic carbocycles. The first-order chi connectivity index (χ1) is 22.0. The predicted molar refractivity (Wildman–Crippen MR) is 174 cm³/mol. The number of aliphatic hydroxyl groups excluding tert-OH is 1. The standard InChI is InChI=1S/C18H26O5.C18H24O5/c2*1-5-6-15-17(23-18(2,3)22-15)16(11-19)21-12-13-7-9-14(20-4)10-8-13/h5,7-10,15-17,19H,1,6,11-12H2,2-4H3;5,7-11,15-17H,1,6,12H2,2-4H3/t2*15-,16+,17?/m00/s1. The molecule has 0 aromatic heterocycles. The van der Waals surface area contributed by atoms with Gasteiger partial charge in [0.1, 0.15) is 35.9 Å². The van der Waals surface area contributed by atoms with Crippen LogP contribution in [-0.4, -0.2) is 80.4 Å². The van der Waals surface area contributed by atoms with E-state index in [1.165, 1.54) is 0 Å². The van der Waals surface area contributed by atoms with Crippen LogP contribution in [0, 0.1) is 0 Å². The molecule has 254 valence electrons. The Bertz CT molecular complexity index is 1210. The quantitative estimate of drug-likeness (QED) is 0.185. The number of ether oxygens (including phenoxy) is 8. The predicted octanol–water partition coefficient (Wildman–Crippen LogP) is 5.54. The van der Waals surface area contributed by atoms with E-state index in [9.17, 15) is 9.90 Å². The second kappa shape index (κ2) is 17.7. The van der Waals surface area contributed by atoms with Crippen molar-refractivity contribution in [3.63, 3.8) is 0 Å². The molecule has 0 amide bonds. The van der Waals surface area contributed by atoms with Gasteiger partial charge in [-0.3, -0.25) is 0 Å². The van der Waals surface area contributed by atoms with Crippen molar-refractivity contribution in [1.29, 1.82) is 0 Å². The van der Waals surface area contributed by atoms with E-state index < -0.39 is 29.9 Å². The molecule has 0 aliphatic carbocycles. The summed E-state index contributed by atoms with van der Waals surface area (Å²) in [5.74, 6) is 0.159. The van der Waals surface area contributed by atoms with Crippen molar-refractivity contribution in [2.75, 3.05) is 20.8 Å². The normalized spacial score (nSPS) is 24.2. The largest absolute Gasteiger partial charge is 0.497 e. The fourth-order valence-corrected chi connectivity index (χ4v) is 5.32. The summed E-state index contributed by atoms with van der Waals surface area (Å²) in [6.07, 6.45) is 3.24. The van der Waals surface area contributed by atoms with Gasteiger partial charge in [-0.25, -0.2) is 0 Å². The minimum absolute atomic E-state index is 0.131. The highest BCUT2D eigenvalue weighted by molar-refractivity contribution is 5.57. The third-order valence-corrected chi connectivity index (χ3v) is 7.47. The molecule has 2 unspecified atom stereocenters. The average Bonchev–Trinajstić information content (AvgIpc) is 3.52. The van der Waals surface area contributed by atoms with Gasteiger partial charge in [0, 0.05) is 0 Å². The lowest BCUT2D eigenvalue weighted by Crippen LogP contribution is -2.39. The molecule has 2 heterocycles. The molecule has 2 aliphatic heterocycles. The van der Waals surface area contributed by atoms with Gasteiger partial charge in [-0.15, -0.1) is 13.2 Å². The minimum Gasteiger partial charge on any atom is -0.497 e. The van der Waals surface area contributed by atoms with Gasteiger partial charge in [0.2, 0.25) is 0 Å². The first-order valence-electron chi connectivity index (χ1n) is 15.5. The van der Waals surface area contributed by atoms with Crippen LogP contribution in [-0.2, 0) is 46.4 Å². The molecular formula is C36H50O10. The first-order valence-corrected chi connectivity index (χ1v) is 15.5. The Hall–Kier alpha value is -3.09. The molecule has 2 fully saturated rings. The number of methoxy groups -OCH3 is 2. The highest BCUT2D eigenvalue weighted by Crippen LogP contribution is 2.34. The monoisotopic (exact) mass is 642 g/mol.